The third-order valence-electron chi connectivity index (χ3n) is 4.08. The van der Waals surface area contributed by atoms with Gasteiger partial charge in [-0.25, -0.2) is 0 Å². The van der Waals surface area contributed by atoms with Gasteiger partial charge in [-0.15, -0.1) is 0 Å². The molecule has 0 aromatic carbocycles. The molecule has 2 heteroatoms. The molecule has 0 amide bonds. The first-order chi connectivity index (χ1) is 7.90. The van der Waals surface area contributed by atoms with Crippen LogP contribution < -0.4 is 5.73 Å². The molecular formula is C14H20N2. The van der Waals surface area contributed by atoms with Crippen molar-refractivity contribution in [2.45, 2.75) is 57.9 Å². The van der Waals surface area contributed by atoms with Gasteiger partial charge in [-0.1, -0.05) is 0 Å². The molecule has 0 fully saturated rings. The van der Waals surface area contributed by atoms with Gasteiger partial charge < -0.3 is 5.73 Å². The molecule has 1 aromatic rings. The van der Waals surface area contributed by atoms with Crippen LogP contribution in [0.2, 0.25) is 0 Å². The molecule has 2 N–H and O–H groups in total. The van der Waals surface area contributed by atoms with E-state index in [4.69, 9.17) is 10.7 Å². The van der Waals surface area contributed by atoms with Crippen LogP contribution in [-0.4, -0.2) is 4.98 Å². The second kappa shape index (κ2) is 4.17. The number of nitrogens with two attached hydrogens (primary N) is 1. The molecular weight excluding hydrogens is 196 g/mol. The summed E-state index contributed by atoms with van der Waals surface area (Å²) in [5.74, 6) is 0. The number of aryl methyl sites for hydroxylation is 2. The first kappa shape index (κ1) is 10.3. The number of hydrogen-bond acceptors (Lipinski definition) is 2. The zero-order valence-corrected chi connectivity index (χ0v) is 9.89. The summed E-state index contributed by atoms with van der Waals surface area (Å²) in [4.78, 5) is 4.91. The first-order valence-electron chi connectivity index (χ1n) is 6.62. The van der Waals surface area contributed by atoms with Crippen molar-refractivity contribution in [2.24, 2.45) is 5.73 Å². The third kappa shape index (κ3) is 1.56. The molecule has 0 aliphatic heterocycles. The van der Waals surface area contributed by atoms with Crippen molar-refractivity contribution < 1.29 is 0 Å². The van der Waals surface area contributed by atoms with E-state index in [1.54, 1.807) is 0 Å². The van der Waals surface area contributed by atoms with Gasteiger partial charge in [-0.3, -0.25) is 4.98 Å². The van der Waals surface area contributed by atoms with Gasteiger partial charge in [-0.05, 0) is 68.1 Å². The van der Waals surface area contributed by atoms with E-state index in [-0.39, 0.29) is 0 Å². The number of fused-ring (bicyclic) bond motifs is 2. The first-order valence-corrected chi connectivity index (χ1v) is 6.62. The number of pyridine rings is 1. The Bertz CT molecular complexity index is 375. The quantitative estimate of drug-likeness (QED) is 0.782. The summed E-state index contributed by atoms with van der Waals surface area (Å²) in [6.07, 6.45) is 10.0. The van der Waals surface area contributed by atoms with Crippen LogP contribution in [0.1, 0.15) is 53.8 Å². The molecule has 3 rings (SSSR count). The lowest BCUT2D eigenvalue weighted by Crippen LogP contribution is -2.19. The van der Waals surface area contributed by atoms with Crippen LogP contribution >= 0.6 is 0 Å². The lowest BCUT2D eigenvalue weighted by Gasteiger charge is -2.25. The average molecular weight is 216 g/mol. The van der Waals surface area contributed by atoms with Gasteiger partial charge >= 0.3 is 0 Å². The van der Waals surface area contributed by atoms with Crippen molar-refractivity contribution in [1.82, 2.24) is 4.98 Å². The molecule has 1 heterocycles. The van der Waals surface area contributed by atoms with E-state index in [9.17, 15) is 0 Å². The van der Waals surface area contributed by atoms with Crippen molar-refractivity contribution in [3.8, 4) is 0 Å². The highest BCUT2D eigenvalue weighted by Crippen LogP contribution is 2.31. The van der Waals surface area contributed by atoms with Crippen molar-refractivity contribution in [1.29, 1.82) is 0 Å². The molecule has 1 aromatic heterocycles. The molecule has 0 radical (unpaired) electrons. The van der Waals surface area contributed by atoms with Crippen LogP contribution in [0.5, 0.6) is 0 Å². The van der Waals surface area contributed by atoms with Gasteiger partial charge in [0, 0.05) is 17.9 Å². The highest BCUT2D eigenvalue weighted by atomic mass is 14.7. The lowest BCUT2D eigenvalue weighted by atomic mass is 9.84. The minimum atomic E-state index is 0.715. The van der Waals surface area contributed by atoms with Crippen LogP contribution in [0.25, 0.3) is 0 Å². The number of nitrogens with zero attached hydrogens (tertiary/aromatic N) is 1. The second-order valence-electron chi connectivity index (χ2n) is 5.06. The predicted octanol–water partition coefficient (Wildman–Crippen LogP) is 2.30. The normalized spacial score (nSPS) is 19.1. The van der Waals surface area contributed by atoms with E-state index in [1.807, 2.05) is 0 Å². The maximum atomic E-state index is 5.97. The Morgan fingerprint density at radius 3 is 1.81 bits per heavy atom. The van der Waals surface area contributed by atoms with Crippen LogP contribution in [0.4, 0.5) is 0 Å². The Hall–Kier alpha value is -0.890. The molecule has 0 spiro atoms. The Morgan fingerprint density at radius 2 is 1.31 bits per heavy atom. The summed E-state index contributed by atoms with van der Waals surface area (Å²) in [7, 11) is 0. The number of hydrogen-bond donors (Lipinski definition) is 1. The Morgan fingerprint density at radius 1 is 0.812 bits per heavy atom. The van der Waals surface area contributed by atoms with Crippen LogP contribution in [-0.2, 0) is 32.2 Å². The van der Waals surface area contributed by atoms with E-state index in [1.165, 1.54) is 79.4 Å². The van der Waals surface area contributed by atoms with Crippen molar-refractivity contribution in [2.75, 3.05) is 0 Å². The molecule has 16 heavy (non-hydrogen) atoms. The zero-order chi connectivity index (χ0) is 11.0. The molecule has 86 valence electrons. The fourth-order valence-electron chi connectivity index (χ4n) is 3.27. The molecule has 0 saturated heterocycles. The Labute approximate surface area is 97.3 Å². The minimum Gasteiger partial charge on any atom is -0.326 e. The predicted molar refractivity (Wildman–Crippen MR) is 65.4 cm³/mol. The largest absolute Gasteiger partial charge is 0.326 e. The summed E-state index contributed by atoms with van der Waals surface area (Å²) < 4.78 is 0. The monoisotopic (exact) mass is 216 g/mol. The standard InChI is InChI=1S/C14H20N2/c15-9-12-10-5-1-3-7-13(10)16-14-8-4-2-6-11(12)14/h1-9,15H2. The smallest absolute Gasteiger partial charge is 0.0442 e. The summed E-state index contributed by atoms with van der Waals surface area (Å²) in [5.41, 5.74) is 13.2. The van der Waals surface area contributed by atoms with Crippen LogP contribution in [0, 0.1) is 0 Å². The van der Waals surface area contributed by atoms with E-state index < -0.39 is 0 Å². The second-order valence-corrected chi connectivity index (χ2v) is 5.06. The van der Waals surface area contributed by atoms with Crippen molar-refractivity contribution in [3.63, 3.8) is 0 Å². The topological polar surface area (TPSA) is 38.9 Å². The van der Waals surface area contributed by atoms with Gasteiger partial charge in [0.25, 0.3) is 0 Å². The molecule has 2 aliphatic carbocycles. The van der Waals surface area contributed by atoms with E-state index in [2.05, 4.69) is 0 Å². The van der Waals surface area contributed by atoms with Crippen LogP contribution in [0.3, 0.4) is 0 Å². The van der Waals surface area contributed by atoms with Crippen molar-refractivity contribution >= 4 is 0 Å². The Kier molecular flexibility index (Phi) is 2.68. The summed E-state index contributed by atoms with van der Waals surface area (Å²) in [6, 6.07) is 0. The van der Waals surface area contributed by atoms with E-state index >= 15 is 0 Å². The van der Waals surface area contributed by atoms with E-state index in [0.717, 1.165) is 0 Å². The summed E-state index contributed by atoms with van der Waals surface area (Å²) in [6.45, 7) is 0.715. The summed E-state index contributed by atoms with van der Waals surface area (Å²) in [5, 5.41) is 0. The van der Waals surface area contributed by atoms with Gasteiger partial charge in [-0.2, -0.15) is 0 Å². The van der Waals surface area contributed by atoms with Crippen LogP contribution in [0.15, 0.2) is 0 Å². The molecule has 2 nitrogen and oxygen atoms in total. The molecule has 2 aliphatic rings. The van der Waals surface area contributed by atoms with Gasteiger partial charge in [0.1, 0.15) is 0 Å². The zero-order valence-electron chi connectivity index (χ0n) is 9.89. The van der Waals surface area contributed by atoms with Gasteiger partial charge in [0.15, 0.2) is 0 Å². The fourth-order valence-corrected chi connectivity index (χ4v) is 3.27. The molecule has 0 unspecified atom stereocenters. The van der Waals surface area contributed by atoms with Gasteiger partial charge in [0.05, 0.1) is 0 Å². The SMILES string of the molecule is NCc1c2c(nc3c1CCCC3)CCCC2. The number of aromatic nitrogens is 1. The summed E-state index contributed by atoms with van der Waals surface area (Å²) >= 11 is 0. The maximum Gasteiger partial charge on any atom is 0.0442 e. The molecule has 0 saturated carbocycles. The minimum absolute atomic E-state index is 0.715. The Balaban J connectivity index is 2.16. The molecule has 0 atom stereocenters. The number of rotatable bonds is 1. The van der Waals surface area contributed by atoms with Crippen molar-refractivity contribution in [3.05, 3.63) is 28.1 Å². The van der Waals surface area contributed by atoms with Gasteiger partial charge in [0.2, 0.25) is 0 Å². The van der Waals surface area contributed by atoms with E-state index in [0.29, 0.717) is 6.54 Å². The third-order valence-corrected chi connectivity index (χ3v) is 4.08. The fraction of sp³-hybridized carbons (Fsp3) is 0.643. The average Bonchev–Trinajstić information content (AvgIpc) is 2.36. The highest BCUT2D eigenvalue weighted by Gasteiger charge is 2.22. The molecule has 0 bridgehead atoms. The lowest BCUT2D eigenvalue weighted by molar-refractivity contribution is 0.616. The highest BCUT2D eigenvalue weighted by molar-refractivity contribution is 5.42. The maximum absolute atomic E-state index is 5.97.